The number of halogens is 1. The Hall–Kier alpha value is -1.29. The molecule has 1 aliphatic carbocycles. The molecule has 0 spiro atoms. The summed E-state index contributed by atoms with van der Waals surface area (Å²) in [6.07, 6.45) is 6.34. The van der Waals surface area contributed by atoms with Gasteiger partial charge < -0.3 is 11.1 Å². The summed E-state index contributed by atoms with van der Waals surface area (Å²) in [6, 6.07) is 1.55. The van der Waals surface area contributed by atoms with Crippen molar-refractivity contribution in [1.82, 2.24) is 10.3 Å². The third kappa shape index (κ3) is 3.60. The number of nitrogens with two attached hydrogens (primary N) is 1. The molecule has 0 radical (unpaired) electrons. The number of nitrogen functional groups attached to an aromatic ring is 1. The minimum atomic E-state index is -0.203. The first kappa shape index (κ1) is 12.2. The van der Waals surface area contributed by atoms with Crippen molar-refractivity contribution < 1.29 is 4.79 Å². The van der Waals surface area contributed by atoms with Gasteiger partial charge in [0, 0.05) is 6.54 Å². The van der Waals surface area contributed by atoms with Gasteiger partial charge in [-0.15, -0.1) is 0 Å². The van der Waals surface area contributed by atoms with Gasteiger partial charge in [-0.3, -0.25) is 4.79 Å². The van der Waals surface area contributed by atoms with Gasteiger partial charge in [-0.2, -0.15) is 0 Å². The number of hydrogen-bond acceptors (Lipinski definition) is 3. The Bertz CT molecular complexity index is 418. The molecule has 1 heterocycles. The minimum absolute atomic E-state index is 0.193. The van der Waals surface area contributed by atoms with Crippen LogP contribution in [0.15, 0.2) is 12.3 Å². The van der Waals surface area contributed by atoms with Crippen molar-refractivity contribution in [3.8, 4) is 0 Å². The summed E-state index contributed by atoms with van der Waals surface area (Å²) < 4.78 is 0. The fourth-order valence-corrected chi connectivity index (χ4v) is 1.91. The zero-order chi connectivity index (χ0) is 12.3. The second kappa shape index (κ2) is 5.36. The van der Waals surface area contributed by atoms with E-state index < -0.39 is 0 Å². The van der Waals surface area contributed by atoms with Crippen molar-refractivity contribution in [3.05, 3.63) is 23.0 Å². The van der Waals surface area contributed by atoms with E-state index in [9.17, 15) is 4.79 Å². The van der Waals surface area contributed by atoms with Crippen molar-refractivity contribution in [2.75, 3.05) is 12.3 Å². The maximum absolute atomic E-state index is 11.8. The first-order chi connectivity index (χ1) is 8.16. The molecule has 0 bridgehead atoms. The van der Waals surface area contributed by atoms with Crippen LogP contribution in [0.3, 0.4) is 0 Å². The fraction of sp³-hybridized carbons (Fsp3) is 0.500. The number of amides is 1. The van der Waals surface area contributed by atoms with E-state index in [1.165, 1.54) is 25.5 Å². The van der Waals surface area contributed by atoms with Gasteiger partial charge in [0.15, 0.2) is 0 Å². The third-order valence-electron chi connectivity index (χ3n) is 2.88. The highest BCUT2D eigenvalue weighted by Gasteiger charge is 2.20. The van der Waals surface area contributed by atoms with Crippen molar-refractivity contribution in [1.29, 1.82) is 0 Å². The molecule has 0 atom stereocenters. The summed E-state index contributed by atoms with van der Waals surface area (Å²) in [6.45, 7) is 0.681. The van der Waals surface area contributed by atoms with Crippen LogP contribution in [0.25, 0.3) is 0 Å². The Labute approximate surface area is 106 Å². The number of carbonyl (C=O) groups is 1. The lowest BCUT2D eigenvalue weighted by Crippen LogP contribution is -2.25. The number of aromatic nitrogens is 1. The standard InChI is InChI=1S/C12H16ClN3O/c13-11-10(6-9(14)7-16-11)12(17)15-5-1-2-8-3-4-8/h6-8H,1-5,14H2,(H,15,17). The van der Waals surface area contributed by atoms with E-state index in [0.29, 0.717) is 17.8 Å². The zero-order valence-corrected chi connectivity index (χ0v) is 10.3. The second-order valence-corrected chi connectivity index (χ2v) is 4.81. The SMILES string of the molecule is Nc1cnc(Cl)c(C(=O)NCCCC2CC2)c1. The Balaban J connectivity index is 1.82. The molecule has 1 fully saturated rings. The number of rotatable bonds is 5. The van der Waals surface area contributed by atoms with Gasteiger partial charge in [-0.05, 0) is 24.8 Å². The summed E-state index contributed by atoms with van der Waals surface area (Å²) in [5, 5.41) is 3.02. The predicted octanol–water partition coefficient (Wildman–Crippen LogP) is 2.24. The smallest absolute Gasteiger partial charge is 0.254 e. The average molecular weight is 254 g/mol. The van der Waals surface area contributed by atoms with Crippen LogP contribution in [0.4, 0.5) is 5.69 Å². The topological polar surface area (TPSA) is 68.0 Å². The number of carbonyl (C=O) groups excluding carboxylic acids is 1. The number of nitrogens with one attached hydrogen (secondary N) is 1. The number of anilines is 1. The first-order valence-electron chi connectivity index (χ1n) is 5.86. The normalized spacial score (nSPS) is 14.6. The molecular formula is C12H16ClN3O. The van der Waals surface area contributed by atoms with Crippen molar-refractivity contribution in [2.24, 2.45) is 5.92 Å². The van der Waals surface area contributed by atoms with E-state index >= 15 is 0 Å². The van der Waals surface area contributed by atoms with Gasteiger partial charge in [-0.25, -0.2) is 4.98 Å². The van der Waals surface area contributed by atoms with E-state index in [1.807, 2.05) is 0 Å². The van der Waals surface area contributed by atoms with Crippen LogP contribution in [0.1, 0.15) is 36.0 Å². The molecule has 0 unspecified atom stereocenters. The average Bonchev–Trinajstić information content (AvgIpc) is 3.11. The summed E-state index contributed by atoms with van der Waals surface area (Å²) in [5.41, 5.74) is 6.35. The van der Waals surface area contributed by atoms with Crippen LogP contribution in [0.5, 0.6) is 0 Å². The van der Waals surface area contributed by atoms with E-state index in [1.54, 1.807) is 6.07 Å². The molecule has 3 N–H and O–H groups in total. The van der Waals surface area contributed by atoms with Crippen LogP contribution in [0.2, 0.25) is 5.15 Å². The van der Waals surface area contributed by atoms with Gasteiger partial charge in [0.25, 0.3) is 5.91 Å². The molecule has 92 valence electrons. The molecular weight excluding hydrogens is 238 g/mol. The van der Waals surface area contributed by atoms with Gasteiger partial charge >= 0.3 is 0 Å². The van der Waals surface area contributed by atoms with Crippen LogP contribution >= 0.6 is 11.6 Å². The number of nitrogens with zero attached hydrogens (tertiary/aromatic N) is 1. The van der Waals surface area contributed by atoms with Gasteiger partial charge in [-0.1, -0.05) is 24.4 Å². The molecule has 1 saturated carbocycles. The van der Waals surface area contributed by atoms with E-state index in [-0.39, 0.29) is 11.1 Å². The molecule has 1 aromatic rings. The lowest BCUT2D eigenvalue weighted by molar-refractivity contribution is 0.0952. The van der Waals surface area contributed by atoms with E-state index in [4.69, 9.17) is 17.3 Å². The van der Waals surface area contributed by atoms with Crippen LogP contribution in [0, 0.1) is 5.92 Å². The molecule has 1 aromatic heterocycles. The molecule has 0 aliphatic heterocycles. The highest BCUT2D eigenvalue weighted by atomic mass is 35.5. The molecule has 1 amide bonds. The first-order valence-corrected chi connectivity index (χ1v) is 6.24. The van der Waals surface area contributed by atoms with E-state index in [2.05, 4.69) is 10.3 Å². The maximum atomic E-state index is 11.8. The van der Waals surface area contributed by atoms with Gasteiger partial charge in [0.2, 0.25) is 0 Å². The molecule has 0 saturated heterocycles. The maximum Gasteiger partial charge on any atom is 0.254 e. The highest BCUT2D eigenvalue weighted by molar-refractivity contribution is 6.32. The van der Waals surface area contributed by atoms with Crippen molar-refractivity contribution >= 4 is 23.2 Å². The Morgan fingerprint density at radius 2 is 2.35 bits per heavy atom. The Morgan fingerprint density at radius 1 is 1.59 bits per heavy atom. The third-order valence-corrected chi connectivity index (χ3v) is 3.18. The predicted molar refractivity (Wildman–Crippen MR) is 68.0 cm³/mol. The quantitative estimate of drug-likeness (QED) is 0.625. The summed E-state index contributed by atoms with van der Waals surface area (Å²) in [7, 11) is 0. The summed E-state index contributed by atoms with van der Waals surface area (Å²) >= 11 is 5.84. The lowest BCUT2D eigenvalue weighted by atomic mass is 10.2. The Kier molecular flexibility index (Phi) is 3.84. The zero-order valence-electron chi connectivity index (χ0n) is 9.58. The van der Waals surface area contributed by atoms with Gasteiger partial charge in [0.05, 0.1) is 17.4 Å². The molecule has 5 heteroatoms. The molecule has 0 aromatic carbocycles. The molecule has 4 nitrogen and oxygen atoms in total. The lowest BCUT2D eigenvalue weighted by Gasteiger charge is -2.06. The monoisotopic (exact) mass is 253 g/mol. The second-order valence-electron chi connectivity index (χ2n) is 4.45. The van der Waals surface area contributed by atoms with Crippen LogP contribution < -0.4 is 11.1 Å². The van der Waals surface area contributed by atoms with Crippen molar-refractivity contribution in [3.63, 3.8) is 0 Å². The van der Waals surface area contributed by atoms with Gasteiger partial charge in [0.1, 0.15) is 5.15 Å². The van der Waals surface area contributed by atoms with Crippen molar-refractivity contribution in [2.45, 2.75) is 25.7 Å². The Morgan fingerprint density at radius 3 is 3.06 bits per heavy atom. The summed E-state index contributed by atoms with van der Waals surface area (Å²) in [4.78, 5) is 15.6. The van der Waals surface area contributed by atoms with Crippen LogP contribution in [-0.2, 0) is 0 Å². The molecule has 2 rings (SSSR count). The van der Waals surface area contributed by atoms with Crippen LogP contribution in [-0.4, -0.2) is 17.4 Å². The fourth-order valence-electron chi connectivity index (χ4n) is 1.72. The molecule has 1 aliphatic rings. The largest absolute Gasteiger partial charge is 0.397 e. The number of hydrogen-bond donors (Lipinski definition) is 2. The highest BCUT2D eigenvalue weighted by Crippen LogP contribution is 2.33. The minimum Gasteiger partial charge on any atom is -0.397 e. The van der Waals surface area contributed by atoms with E-state index in [0.717, 1.165) is 12.3 Å². The summed E-state index contributed by atoms with van der Waals surface area (Å²) in [5.74, 6) is 0.690. The molecule has 17 heavy (non-hydrogen) atoms. The number of pyridine rings is 1.